The molecule has 4 N–H and O–H groups in total. The molecule has 0 saturated carbocycles. The first-order valence-electron chi connectivity index (χ1n) is 11.0. The lowest BCUT2D eigenvalue weighted by atomic mass is 10.1. The molecule has 0 saturated heterocycles. The Labute approximate surface area is 226 Å². The Kier molecular flexibility index (Phi) is 9.05. The largest absolute Gasteiger partial charge is 0.495 e. The summed E-state index contributed by atoms with van der Waals surface area (Å²) in [5.41, 5.74) is -10.7. The molecular formula is C23H23F4NO9P2S. The summed E-state index contributed by atoms with van der Waals surface area (Å²) in [4.78, 5) is 35.5. The van der Waals surface area contributed by atoms with Crippen molar-refractivity contribution in [3.63, 3.8) is 0 Å². The van der Waals surface area contributed by atoms with Crippen LogP contribution in [0, 0.1) is 0 Å². The predicted molar refractivity (Wildman–Crippen MR) is 134 cm³/mol. The quantitative estimate of drug-likeness (QED) is 0.177. The average molecular weight is 627 g/mol. The van der Waals surface area contributed by atoms with Crippen molar-refractivity contribution in [3.05, 3.63) is 95.1 Å². The van der Waals surface area contributed by atoms with E-state index in [2.05, 4.69) is 0 Å². The van der Waals surface area contributed by atoms with Gasteiger partial charge in [0, 0.05) is 24.2 Å². The molecule has 218 valence electrons. The molecule has 3 aromatic carbocycles. The van der Waals surface area contributed by atoms with Crippen molar-refractivity contribution in [2.75, 3.05) is 7.11 Å². The number of methoxy groups -OCH3 is 1. The van der Waals surface area contributed by atoms with Crippen LogP contribution in [-0.2, 0) is 43.6 Å². The van der Waals surface area contributed by atoms with E-state index in [9.17, 15) is 35.1 Å². The van der Waals surface area contributed by atoms with E-state index in [0.29, 0.717) is 0 Å². The van der Waals surface area contributed by atoms with Gasteiger partial charge in [-0.1, -0.05) is 60.7 Å². The molecule has 0 atom stereocenters. The summed E-state index contributed by atoms with van der Waals surface area (Å²) < 4.78 is 112. The van der Waals surface area contributed by atoms with Crippen molar-refractivity contribution in [1.29, 1.82) is 0 Å². The molecule has 0 aliphatic heterocycles. The van der Waals surface area contributed by atoms with E-state index in [-0.39, 0.29) is 21.8 Å². The molecule has 0 spiro atoms. The van der Waals surface area contributed by atoms with Crippen molar-refractivity contribution in [2.45, 2.75) is 29.3 Å². The number of benzene rings is 3. The predicted octanol–water partition coefficient (Wildman–Crippen LogP) is 4.54. The van der Waals surface area contributed by atoms with Gasteiger partial charge >= 0.3 is 26.5 Å². The van der Waals surface area contributed by atoms with E-state index in [4.69, 9.17) is 24.3 Å². The first-order valence-corrected chi connectivity index (χ1v) is 15.7. The highest BCUT2D eigenvalue weighted by molar-refractivity contribution is 7.89. The third kappa shape index (κ3) is 6.48. The van der Waals surface area contributed by atoms with Crippen molar-refractivity contribution in [1.82, 2.24) is 4.31 Å². The number of rotatable bonds is 11. The van der Waals surface area contributed by atoms with Crippen LogP contribution in [-0.4, -0.2) is 39.4 Å². The molecule has 10 nitrogen and oxygen atoms in total. The highest BCUT2D eigenvalue weighted by atomic mass is 32.2. The second-order valence-corrected chi connectivity index (χ2v) is 13.7. The van der Waals surface area contributed by atoms with E-state index in [1.165, 1.54) is 31.4 Å². The summed E-state index contributed by atoms with van der Waals surface area (Å²) in [6, 6.07) is 12.7. The minimum absolute atomic E-state index is 0.0271. The lowest BCUT2D eigenvalue weighted by molar-refractivity contribution is 0.0564. The van der Waals surface area contributed by atoms with Crippen LogP contribution in [0.5, 0.6) is 5.75 Å². The van der Waals surface area contributed by atoms with Crippen molar-refractivity contribution >= 4 is 25.2 Å². The molecular weight excluding hydrogens is 604 g/mol. The van der Waals surface area contributed by atoms with Gasteiger partial charge < -0.3 is 24.3 Å². The fourth-order valence-corrected chi connectivity index (χ4v) is 6.11. The number of ether oxygens (including phenoxy) is 1. The molecule has 17 heteroatoms. The fraction of sp³-hybridized carbons (Fsp3) is 0.217. The highest BCUT2D eigenvalue weighted by Gasteiger charge is 2.51. The lowest BCUT2D eigenvalue weighted by Crippen LogP contribution is -2.30. The summed E-state index contributed by atoms with van der Waals surface area (Å²) in [5, 5.41) is 0. The van der Waals surface area contributed by atoms with E-state index < -0.39 is 60.8 Å². The van der Waals surface area contributed by atoms with Gasteiger partial charge in [-0.25, -0.2) is 8.42 Å². The summed E-state index contributed by atoms with van der Waals surface area (Å²) in [6.45, 7) is -0.912. The molecule has 0 fully saturated rings. The minimum Gasteiger partial charge on any atom is -0.495 e. The van der Waals surface area contributed by atoms with Crippen molar-refractivity contribution in [3.8, 4) is 5.75 Å². The number of nitrogens with zero attached hydrogens (tertiary/aromatic N) is 1. The van der Waals surface area contributed by atoms with Gasteiger partial charge in [0.2, 0.25) is 10.0 Å². The maximum atomic E-state index is 14.0. The van der Waals surface area contributed by atoms with Gasteiger partial charge in [0.05, 0.1) is 7.11 Å². The molecule has 0 aliphatic carbocycles. The Balaban J connectivity index is 2.02. The number of halogens is 4. The first kappa shape index (κ1) is 31.9. The fourth-order valence-electron chi connectivity index (χ4n) is 3.56. The zero-order chi connectivity index (χ0) is 30.1. The van der Waals surface area contributed by atoms with E-state index in [0.717, 1.165) is 52.8 Å². The Morgan fingerprint density at radius 3 is 1.45 bits per heavy atom. The molecule has 0 radical (unpaired) electrons. The molecule has 3 aromatic rings. The van der Waals surface area contributed by atoms with Crippen LogP contribution < -0.4 is 4.74 Å². The van der Waals surface area contributed by atoms with Crippen LogP contribution in [0.2, 0.25) is 0 Å². The normalized spacial score (nSPS) is 13.4. The molecule has 0 bridgehead atoms. The number of alkyl halides is 4. The second kappa shape index (κ2) is 11.3. The first-order chi connectivity index (χ1) is 18.3. The maximum Gasteiger partial charge on any atom is 0.399 e. The molecule has 0 aliphatic rings. The molecule has 0 heterocycles. The summed E-state index contributed by atoms with van der Waals surface area (Å²) >= 11 is 0. The van der Waals surface area contributed by atoms with Crippen LogP contribution in [0.4, 0.5) is 17.6 Å². The lowest BCUT2D eigenvalue weighted by Gasteiger charge is -2.24. The standard InChI is InChI=1S/C23H23F4NO9P2S/c1-37-20-4-2-3-5-21(20)40(35,36)28(14-16-6-10-18(11-7-16)22(24,25)38(29,30)31)15-17-8-12-19(13-9-17)23(26,27)39(32,33)34/h2-13H,14-15H2,1H3,(H2,29,30,31)(H2,32,33,34). The van der Waals surface area contributed by atoms with Crippen LogP contribution in [0.3, 0.4) is 0 Å². The van der Waals surface area contributed by atoms with Gasteiger partial charge in [-0.05, 0) is 23.3 Å². The molecule has 40 heavy (non-hydrogen) atoms. The monoisotopic (exact) mass is 627 g/mol. The number of hydrogen-bond donors (Lipinski definition) is 4. The van der Waals surface area contributed by atoms with Crippen LogP contribution in [0.15, 0.2) is 77.7 Å². The summed E-state index contributed by atoms with van der Waals surface area (Å²) in [5.74, 6) is -0.0271. The Bertz CT molecular complexity index is 1480. The third-order valence-electron chi connectivity index (χ3n) is 5.74. The zero-order valence-corrected chi connectivity index (χ0v) is 23.0. The van der Waals surface area contributed by atoms with Crippen molar-refractivity contribution in [2.24, 2.45) is 0 Å². The van der Waals surface area contributed by atoms with Crippen LogP contribution in [0.1, 0.15) is 22.3 Å². The Morgan fingerprint density at radius 2 is 1.10 bits per heavy atom. The van der Waals surface area contributed by atoms with Crippen LogP contribution >= 0.6 is 15.2 Å². The van der Waals surface area contributed by atoms with Gasteiger partial charge in [-0.15, -0.1) is 0 Å². The van der Waals surface area contributed by atoms with Gasteiger partial charge in [-0.2, -0.15) is 21.9 Å². The molecule has 0 aromatic heterocycles. The van der Waals surface area contributed by atoms with E-state index in [1.54, 1.807) is 0 Å². The summed E-state index contributed by atoms with van der Waals surface area (Å²) in [6.07, 6.45) is 0. The highest BCUT2D eigenvalue weighted by Crippen LogP contribution is 2.60. The van der Waals surface area contributed by atoms with Gasteiger partial charge in [0.15, 0.2) is 0 Å². The third-order valence-corrected chi connectivity index (χ3v) is 9.55. The van der Waals surface area contributed by atoms with Gasteiger partial charge in [0.1, 0.15) is 10.6 Å². The Hall–Kier alpha value is -2.61. The minimum atomic E-state index is -5.84. The van der Waals surface area contributed by atoms with Crippen molar-refractivity contribution < 1.29 is 59.4 Å². The Morgan fingerprint density at radius 1 is 0.725 bits per heavy atom. The molecule has 0 amide bonds. The van der Waals surface area contributed by atoms with E-state index in [1.807, 2.05) is 0 Å². The number of sulfonamides is 1. The van der Waals surface area contributed by atoms with Gasteiger partial charge in [-0.3, -0.25) is 9.13 Å². The maximum absolute atomic E-state index is 14.0. The molecule has 0 unspecified atom stereocenters. The summed E-state index contributed by atoms with van der Waals surface area (Å²) in [7, 11) is -14.8. The SMILES string of the molecule is COc1ccccc1S(=O)(=O)N(Cc1ccc(C(F)(F)P(=O)(O)O)cc1)Cc1ccc(C(F)(F)P(=O)(O)O)cc1. The molecule has 3 rings (SSSR count). The number of hydrogen-bond acceptors (Lipinski definition) is 5. The van der Waals surface area contributed by atoms with Crippen LogP contribution in [0.25, 0.3) is 0 Å². The second-order valence-electron chi connectivity index (χ2n) is 8.49. The number of para-hydroxylation sites is 1. The topological polar surface area (TPSA) is 162 Å². The smallest absolute Gasteiger partial charge is 0.399 e. The van der Waals surface area contributed by atoms with E-state index >= 15 is 0 Å². The average Bonchev–Trinajstić information content (AvgIpc) is 2.87. The zero-order valence-electron chi connectivity index (χ0n) is 20.4. The van der Waals surface area contributed by atoms with Gasteiger partial charge in [0.25, 0.3) is 0 Å².